The quantitative estimate of drug-likeness (QED) is 0.532. The Labute approximate surface area is 64.7 Å². The van der Waals surface area contributed by atoms with E-state index in [1.54, 1.807) is 0 Å². The van der Waals surface area contributed by atoms with Gasteiger partial charge in [-0.2, -0.15) is 13.2 Å². The van der Waals surface area contributed by atoms with E-state index in [4.69, 9.17) is 0 Å². The van der Waals surface area contributed by atoms with Crippen LogP contribution < -0.4 is 5.19 Å². The van der Waals surface area contributed by atoms with Crippen LogP contribution in [0.15, 0.2) is 18.5 Å². The molecular formula is C6H3F3NSi. The Bertz CT molecular complexity index is 258. The van der Waals surface area contributed by atoms with Crippen LogP contribution in [0.3, 0.4) is 0 Å². The third kappa shape index (κ3) is 1.80. The second-order valence-electron chi connectivity index (χ2n) is 1.92. The van der Waals surface area contributed by atoms with Crippen molar-refractivity contribution in [2.45, 2.75) is 6.18 Å². The molecule has 3 radical (unpaired) electrons. The minimum Gasteiger partial charge on any atom is -0.264 e. The van der Waals surface area contributed by atoms with Crippen molar-refractivity contribution in [2.24, 2.45) is 0 Å². The summed E-state index contributed by atoms with van der Waals surface area (Å²) in [5.41, 5.74) is -0.753. The summed E-state index contributed by atoms with van der Waals surface area (Å²) in [6.07, 6.45) is -2.26. The molecule has 57 valence electrons. The molecule has 0 aromatic carbocycles. The maximum absolute atomic E-state index is 12.0. The lowest BCUT2D eigenvalue weighted by molar-refractivity contribution is -0.136. The molecule has 0 bridgehead atoms. The number of alkyl halides is 3. The zero-order valence-electron chi connectivity index (χ0n) is 5.31. The number of rotatable bonds is 0. The summed E-state index contributed by atoms with van der Waals surface area (Å²) in [6, 6.07) is 1.25. The highest BCUT2D eigenvalue weighted by Gasteiger charge is 2.32. The summed E-state index contributed by atoms with van der Waals surface area (Å²) in [5.74, 6) is 0. The molecule has 0 spiro atoms. The number of pyridine rings is 1. The van der Waals surface area contributed by atoms with E-state index in [1.807, 2.05) is 0 Å². The molecule has 0 aliphatic rings. The highest BCUT2D eigenvalue weighted by Crippen LogP contribution is 2.26. The van der Waals surface area contributed by atoms with Crippen molar-refractivity contribution in [3.05, 3.63) is 24.0 Å². The Morgan fingerprint density at radius 1 is 1.36 bits per heavy atom. The Balaban J connectivity index is 3.14. The summed E-state index contributed by atoms with van der Waals surface area (Å²) in [5, 5.41) is 0.00694. The van der Waals surface area contributed by atoms with Crippen LogP contribution in [0, 0.1) is 0 Å². The molecule has 1 aromatic heterocycles. The SMILES string of the molecule is FC(F)(F)c1cnccc1[Si]. The summed E-state index contributed by atoms with van der Waals surface area (Å²) < 4.78 is 35.9. The van der Waals surface area contributed by atoms with Crippen LogP contribution in [0.2, 0.25) is 0 Å². The lowest BCUT2D eigenvalue weighted by Gasteiger charge is -2.07. The second kappa shape index (κ2) is 2.65. The molecule has 1 nitrogen and oxygen atoms in total. The van der Waals surface area contributed by atoms with Gasteiger partial charge in [0, 0.05) is 12.4 Å². The maximum atomic E-state index is 12.0. The van der Waals surface area contributed by atoms with Crippen LogP contribution in [0.25, 0.3) is 0 Å². The highest BCUT2D eigenvalue weighted by atomic mass is 28.1. The van der Waals surface area contributed by atoms with Crippen molar-refractivity contribution >= 4 is 15.4 Å². The predicted molar refractivity (Wildman–Crippen MR) is 34.6 cm³/mol. The molecule has 0 saturated heterocycles. The van der Waals surface area contributed by atoms with Crippen LogP contribution in [0.4, 0.5) is 13.2 Å². The van der Waals surface area contributed by atoms with Crippen LogP contribution in [0.1, 0.15) is 5.56 Å². The number of hydrogen-bond acceptors (Lipinski definition) is 1. The zero-order valence-corrected chi connectivity index (χ0v) is 6.31. The van der Waals surface area contributed by atoms with Crippen LogP contribution in [-0.4, -0.2) is 15.2 Å². The zero-order chi connectivity index (χ0) is 8.48. The fraction of sp³-hybridized carbons (Fsp3) is 0.167. The van der Waals surface area contributed by atoms with E-state index in [2.05, 4.69) is 15.2 Å². The number of nitrogens with zero attached hydrogens (tertiary/aromatic N) is 1. The van der Waals surface area contributed by atoms with Gasteiger partial charge in [0.05, 0.1) is 15.8 Å². The van der Waals surface area contributed by atoms with Gasteiger partial charge >= 0.3 is 6.18 Å². The topological polar surface area (TPSA) is 12.9 Å². The smallest absolute Gasteiger partial charge is 0.264 e. The molecule has 0 aliphatic carbocycles. The first-order valence-corrected chi connectivity index (χ1v) is 3.24. The first kappa shape index (κ1) is 8.26. The van der Waals surface area contributed by atoms with Crippen molar-refractivity contribution in [2.75, 3.05) is 0 Å². The molecule has 0 fully saturated rings. The largest absolute Gasteiger partial charge is 0.417 e. The van der Waals surface area contributed by atoms with Crippen molar-refractivity contribution in [3.63, 3.8) is 0 Å². The third-order valence-electron chi connectivity index (χ3n) is 1.13. The standard InChI is InChI=1S/C6H3F3NSi/c7-6(8,9)4-3-10-2-1-5(4)11/h1-3H. The van der Waals surface area contributed by atoms with Crippen LogP contribution >= 0.6 is 0 Å². The minimum atomic E-state index is -4.33. The van der Waals surface area contributed by atoms with Gasteiger partial charge in [0.15, 0.2) is 0 Å². The van der Waals surface area contributed by atoms with Gasteiger partial charge in [0.2, 0.25) is 0 Å². The lowest BCUT2D eigenvalue weighted by atomic mass is 10.3. The van der Waals surface area contributed by atoms with Crippen molar-refractivity contribution in [1.82, 2.24) is 4.98 Å². The van der Waals surface area contributed by atoms with Crippen molar-refractivity contribution in [1.29, 1.82) is 0 Å². The molecular weight excluding hydrogens is 171 g/mol. The first-order valence-electron chi connectivity index (χ1n) is 2.74. The van der Waals surface area contributed by atoms with Gasteiger partial charge in [-0.3, -0.25) is 4.98 Å². The Hall–Kier alpha value is -0.843. The van der Waals surface area contributed by atoms with Gasteiger partial charge in [-0.25, -0.2) is 0 Å². The summed E-state index contributed by atoms with van der Waals surface area (Å²) in [7, 11) is 2.82. The molecule has 5 heteroatoms. The van der Waals surface area contributed by atoms with Gasteiger partial charge in [-0.15, -0.1) is 0 Å². The fourth-order valence-corrected chi connectivity index (χ4v) is 0.901. The summed E-state index contributed by atoms with van der Waals surface area (Å²) in [6.45, 7) is 0. The van der Waals surface area contributed by atoms with E-state index in [0.717, 1.165) is 6.20 Å². The van der Waals surface area contributed by atoms with Crippen LogP contribution in [-0.2, 0) is 6.18 Å². The Morgan fingerprint density at radius 2 is 2.00 bits per heavy atom. The molecule has 1 heterocycles. The van der Waals surface area contributed by atoms with E-state index in [0.29, 0.717) is 0 Å². The van der Waals surface area contributed by atoms with E-state index in [-0.39, 0.29) is 5.19 Å². The number of halogens is 3. The molecule has 11 heavy (non-hydrogen) atoms. The number of hydrogen-bond donors (Lipinski definition) is 0. The van der Waals surface area contributed by atoms with E-state index in [9.17, 15) is 13.2 Å². The molecule has 1 rings (SSSR count). The summed E-state index contributed by atoms with van der Waals surface area (Å²) in [4.78, 5) is 3.36. The molecule has 0 saturated carbocycles. The van der Waals surface area contributed by atoms with Crippen molar-refractivity contribution in [3.8, 4) is 0 Å². The van der Waals surface area contributed by atoms with Gasteiger partial charge in [0.1, 0.15) is 0 Å². The van der Waals surface area contributed by atoms with Crippen LogP contribution in [0.5, 0.6) is 0 Å². The Kier molecular flexibility index (Phi) is 1.99. The average molecular weight is 174 g/mol. The second-order valence-corrected chi connectivity index (χ2v) is 2.46. The molecule has 1 aromatic rings. The maximum Gasteiger partial charge on any atom is 0.417 e. The molecule has 0 N–H and O–H groups in total. The summed E-state index contributed by atoms with van der Waals surface area (Å²) >= 11 is 0. The molecule has 0 aliphatic heterocycles. The predicted octanol–water partition coefficient (Wildman–Crippen LogP) is 0.894. The van der Waals surface area contributed by atoms with Gasteiger partial charge in [-0.1, -0.05) is 5.19 Å². The third-order valence-corrected chi connectivity index (χ3v) is 1.56. The molecule has 0 amide bonds. The molecule has 0 atom stereocenters. The minimum absolute atomic E-state index is 0.00694. The van der Waals surface area contributed by atoms with E-state index in [1.165, 1.54) is 12.3 Å². The molecule has 0 unspecified atom stereocenters. The van der Waals surface area contributed by atoms with E-state index >= 15 is 0 Å². The fourth-order valence-electron chi connectivity index (χ4n) is 0.620. The lowest BCUT2D eigenvalue weighted by Crippen LogP contribution is -2.19. The average Bonchev–Trinajstić information content (AvgIpc) is 1.86. The van der Waals surface area contributed by atoms with Gasteiger partial charge in [-0.05, 0) is 6.07 Å². The number of aromatic nitrogens is 1. The van der Waals surface area contributed by atoms with E-state index < -0.39 is 11.7 Å². The van der Waals surface area contributed by atoms with Gasteiger partial charge in [0.25, 0.3) is 0 Å². The van der Waals surface area contributed by atoms with Crippen molar-refractivity contribution < 1.29 is 13.2 Å². The Morgan fingerprint density at radius 3 is 2.36 bits per heavy atom. The van der Waals surface area contributed by atoms with Gasteiger partial charge < -0.3 is 0 Å². The first-order chi connectivity index (χ1) is 5.02. The highest BCUT2D eigenvalue weighted by molar-refractivity contribution is 6.33. The normalized spacial score (nSPS) is 11.6. The monoisotopic (exact) mass is 174 g/mol.